The predicted octanol–water partition coefficient (Wildman–Crippen LogP) is 3.58. The van der Waals surface area contributed by atoms with Crippen molar-refractivity contribution >= 4 is 43.5 Å². The lowest BCUT2D eigenvalue weighted by Gasteiger charge is -2.09. The van der Waals surface area contributed by atoms with E-state index in [4.69, 9.17) is 4.74 Å². The molecule has 0 fully saturated rings. The number of anilines is 1. The summed E-state index contributed by atoms with van der Waals surface area (Å²) in [5.41, 5.74) is 2.43. The summed E-state index contributed by atoms with van der Waals surface area (Å²) in [5.74, 6) is 0.400. The highest BCUT2D eigenvalue weighted by atomic mass is 79.9. The molecular formula is C14H15Br2N3O2. The summed E-state index contributed by atoms with van der Waals surface area (Å²) in [6, 6.07) is 5.51. The third kappa shape index (κ3) is 3.85. The van der Waals surface area contributed by atoms with Crippen LogP contribution in [0.1, 0.15) is 11.4 Å². The molecule has 2 rings (SSSR count). The van der Waals surface area contributed by atoms with Crippen LogP contribution in [0.3, 0.4) is 0 Å². The fourth-order valence-corrected chi connectivity index (χ4v) is 3.03. The Morgan fingerprint density at radius 3 is 2.67 bits per heavy atom. The van der Waals surface area contributed by atoms with Crippen molar-refractivity contribution < 1.29 is 9.53 Å². The molecule has 21 heavy (non-hydrogen) atoms. The highest BCUT2D eigenvalue weighted by molar-refractivity contribution is 9.11. The molecule has 0 spiro atoms. The van der Waals surface area contributed by atoms with Gasteiger partial charge in [-0.2, -0.15) is 5.10 Å². The van der Waals surface area contributed by atoms with Crippen LogP contribution in [0, 0.1) is 13.8 Å². The molecule has 1 aromatic heterocycles. The Bertz CT molecular complexity index is 683. The SMILES string of the molecule is Cc1nn(C)c(C)c1NC(=O)COc1ccc(Br)cc1Br. The second-order valence-electron chi connectivity index (χ2n) is 4.58. The number of carbonyl (C=O) groups excluding carboxylic acids is 1. The summed E-state index contributed by atoms with van der Waals surface area (Å²) in [5, 5.41) is 7.08. The summed E-state index contributed by atoms with van der Waals surface area (Å²) in [6.45, 7) is 3.70. The number of carbonyl (C=O) groups is 1. The van der Waals surface area contributed by atoms with Gasteiger partial charge in [-0.3, -0.25) is 9.48 Å². The number of benzene rings is 1. The Kier molecular flexibility index (Phi) is 5.05. The highest BCUT2D eigenvalue weighted by Gasteiger charge is 2.13. The summed E-state index contributed by atoms with van der Waals surface area (Å²) in [4.78, 5) is 12.0. The zero-order chi connectivity index (χ0) is 15.6. The molecule has 5 nitrogen and oxygen atoms in total. The summed E-state index contributed by atoms with van der Waals surface area (Å²) in [6.07, 6.45) is 0. The van der Waals surface area contributed by atoms with Gasteiger partial charge in [-0.25, -0.2) is 0 Å². The summed E-state index contributed by atoms with van der Waals surface area (Å²) >= 11 is 6.76. The lowest BCUT2D eigenvalue weighted by atomic mass is 10.3. The van der Waals surface area contributed by atoms with Gasteiger partial charge in [0.2, 0.25) is 0 Å². The number of aryl methyl sites for hydroxylation is 2. The smallest absolute Gasteiger partial charge is 0.262 e. The van der Waals surface area contributed by atoms with E-state index in [0.717, 1.165) is 26.0 Å². The third-order valence-electron chi connectivity index (χ3n) is 3.03. The number of nitrogens with one attached hydrogen (secondary N) is 1. The van der Waals surface area contributed by atoms with Crippen molar-refractivity contribution in [3.8, 4) is 5.75 Å². The molecule has 1 aromatic carbocycles. The highest BCUT2D eigenvalue weighted by Crippen LogP contribution is 2.28. The van der Waals surface area contributed by atoms with Crippen LogP contribution in [0.15, 0.2) is 27.1 Å². The molecule has 0 bridgehead atoms. The number of rotatable bonds is 4. The maximum atomic E-state index is 12.0. The van der Waals surface area contributed by atoms with E-state index >= 15 is 0 Å². The first kappa shape index (κ1) is 16.0. The maximum Gasteiger partial charge on any atom is 0.262 e. The van der Waals surface area contributed by atoms with Gasteiger partial charge < -0.3 is 10.1 Å². The molecule has 0 atom stereocenters. The first-order valence-electron chi connectivity index (χ1n) is 6.26. The maximum absolute atomic E-state index is 12.0. The molecular weight excluding hydrogens is 402 g/mol. The number of nitrogens with zero attached hydrogens (tertiary/aromatic N) is 2. The average Bonchev–Trinajstić information content (AvgIpc) is 2.64. The predicted molar refractivity (Wildman–Crippen MR) is 88.6 cm³/mol. The Balaban J connectivity index is 1.99. The van der Waals surface area contributed by atoms with Crippen LogP contribution in [-0.2, 0) is 11.8 Å². The van der Waals surface area contributed by atoms with E-state index in [1.54, 1.807) is 10.7 Å². The number of aromatic nitrogens is 2. The molecule has 112 valence electrons. The number of amides is 1. The van der Waals surface area contributed by atoms with E-state index in [2.05, 4.69) is 42.3 Å². The lowest BCUT2D eigenvalue weighted by molar-refractivity contribution is -0.118. The van der Waals surface area contributed by atoms with Gasteiger partial charge in [0.25, 0.3) is 5.91 Å². The summed E-state index contributed by atoms with van der Waals surface area (Å²) < 4.78 is 8.97. The van der Waals surface area contributed by atoms with E-state index in [0.29, 0.717) is 5.75 Å². The van der Waals surface area contributed by atoms with Crippen LogP contribution in [-0.4, -0.2) is 22.3 Å². The molecule has 0 aliphatic heterocycles. The van der Waals surface area contributed by atoms with Crippen LogP contribution in [0.4, 0.5) is 5.69 Å². The Morgan fingerprint density at radius 2 is 2.10 bits per heavy atom. The molecule has 0 saturated carbocycles. The third-order valence-corrected chi connectivity index (χ3v) is 4.14. The fraction of sp³-hybridized carbons (Fsp3) is 0.286. The Morgan fingerprint density at radius 1 is 1.38 bits per heavy atom. The van der Waals surface area contributed by atoms with Gasteiger partial charge in [0, 0.05) is 11.5 Å². The fourth-order valence-electron chi connectivity index (χ4n) is 1.87. The zero-order valence-electron chi connectivity index (χ0n) is 11.9. The van der Waals surface area contributed by atoms with Gasteiger partial charge >= 0.3 is 0 Å². The molecule has 0 unspecified atom stereocenters. The lowest BCUT2D eigenvalue weighted by Crippen LogP contribution is -2.21. The normalized spacial score (nSPS) is 10.5. The van der Waals surface area contributed by atoms with Crippen LogP contribution in [0.2, 0.25) is 0 Å². The van der Waals surface area contributed by atoms with Gasteiger partial charge in [-0.15, -0.1) is 0 Å². The van der Waals surface area contributed by atoms with Gasteiger partial charge in [0.1, 0.15) is 5.75 Å². The molecule has 0 aliphatic rings. The minimum Gasteiger partial charge on any atom is -0.483 e. The van der Waals surface area contributed by atoms with Crippen molar-refractivity contribution in [1.82, 2.24) is 9.78 Å². The van der Waals surface area contributed by atoms with Gasteiger partial charge in [-0.1, -0.05) is 15.9 Å². The molecule has 2 aromatic rings. The molecule has 7 heteroatoms. The standard InChI is InChI=1S/C14H15Br2N3O2/c1-8-14(9(2)19(3)18-8)17-13(20)7-21-12-5-4-10(15)6-11(12)16/h4-6H,7H2,1-3H3,(H,17,20). The van der Waals surface area contributed by atoms with E-state index in [9.17, 15) is 4.79 Å². The minimum atomic E-state index is -0.219. The second kappa shape index (κ2) is 6.62. The average molecular weight is 417 g/mol. The molecule has 0 saturated heterocycles. The van der Waals surface area contributed by atoms with E-state index in [1.807, 2.05) is 33.0 Å². The molecule has 1 amide bonds. The number of halogens is 2. The monoisotopic (exact) mass is 415 g/mol. The van der Waals surface area contributed by atoms with E-state index in [1.165, 1.54) is 0 Å². The van der Waals surface area contributed by atoms with Crippen LogP contribution < -0.4 is 10.1 Å². The van der Waals surface area contributed by atoms with Gasteiger partial charge in [0.15, 0.2) is 6.61 Å². The zero-order valence-corrected chi connectivity index (χ0v) is 15.1. The molecule has 0 aliphatic carbocycles. The van der Waals surface area contributed by atoms with E-state index < -0.39 is 0 Å². The molecule has 0 radical (unpaired) electrons. The van der Waals surface area contributed by atoms with Crippen LogP contribution in [0.25, 0.3) is 0 Å². The molecule has 1 N–H and O–H groups in total. The van der Waals surface area contributed by atoms with Gasteiger partial charge in [0.05, 0.1) is 21.5 Å². The first-order chi connectivity index (χ1) is 9.88. The van der Waals surface area contributed by atoms with Crippen LogP contribution in [0.5, 0.6) is 5.75 Å². The Labute approximate surface area is 139 Å². The quantitative estimate of drug-likeness (QED) is 0.828. The van der Waals surface area contributed by atoms with Crippen LogP contribution >= 0.6 is 31.9 Å². The van der Waals surface area contributed by atoms with Crippen molar-refractivity contribution in [1.29, 1.82) is 0 Å². The largest absolute Gasteiger partial charge is 0.483 e. The minimum absolute atomic E-state index is 0.0615. The van der Waals surface area contributed by atoms with Crippen molar-refractivity contribution in [3.63, 3.8) is 0 Å². The second-order valence-corrected chi connectivity index (χ2v) is 6.35. The van der Waals surface area contributed by atoms with E-state index in [-0.39, 0.29) is 12.5 Å². The molecule has 1 heterocycles. The number of hydrogen-bond acceptors (Lipinski definition) is 3. The number of ether oxygens (including phenoxy) is 1. The van der Waals surface area contributed by atoms with Gasteiger partial charge in [-0.05, 0) is 48.0 Å². The first-order valence-corrected chi connectivity index (χ1v) is 7.85. The van der Waals surface area contributed by atoms with Crippen molar-refractivity contribution in [3.05, 3.63) is 38.5 Å². The number of hydrogen-bond donors (Lipinski definition) is 1. The van der Waals surface area contributed by atoms with Crippen molar-refractivity contribution in [2.24, 2.45) is 7.05 Å². The topological polar surface area (TPSA) is 56.2 Å². The van der Waals surface area contributed by atoms with Crippen molar-refractivity contribution in [2.45, 2.75) is 13.8 Å². The van der Waals surface area contributed by atoms with Crippen molar-refractivity contribution in [2.75, 3.05) is 11.9 Å². The Hall–Kier alpha value is -1.34. The summed E-state index contributed by atoms with van der Waals surface area (Å²) in [7, 11) is 1.84.